The van der Waals surface area contributed by atoms with Crippen molar-refractivity contribution in [2.75, 3.05) is 0 Å². The Morgan fingerprint density at radius 2 is 0.926 bits per heavy atom. The Balaban J connectivity index is 1.25. The van der Waals surface area contributed by atoms with E-state index in [1.165, 1.54) is 97.7 Å². The highest BCUT2D eigenvalue weighted by Gasteiger charge is 2.20. The summed E-state index contributed by atoms with van der Waals surface area (Å²) in [6.45, 7) is 8.99. The molecule has 0 N–H and O–H groups in total. The first-order valence-electron chi connectivity index (χ1n) is 18.7. The van der Waals surface area contributed by atoms with Crippen LogP contribution < -0.4 is 0 Å². The van der Waals surface area contributed by atoms with E-state index in [0.29, 0.717) is 11.8 Å². The first-order chi connectivity index (χ1) is 26.3. The Hall–Kier alpha value is -3.84. The second-order valence-electron chi connectivity index (χ2n) is 13.7. The molecule has 0 fully saturated rings. The molecule has 0 aromatic carbocycles. The highest BCUT2D eigenvalue weighted by Crippen LogP contribution is 2.49. The van der Waals surface area contributed by atoms with Crippen LogP contribution in [0.15, 0.2) is 47.5 Å². The van der Waals surface area contributed by atoms with Gasteiger partial charge in [0.05, 0.1) is 4.01 Å². The number of hydrogen-bond acceptors (Lipinski definition) is 10. The van der Waals surface area contributed by atoms with Gasteiger partial charge >= 0.3 is 0 Å². The Morgan fingerprint density at radius 1 is 0.537 bits per heavy atom. The molecule has 6 heterocycles. The quantitative estimate of drug-likeness (QED) is 0.0856. The number of unbranched alkanes of at least 4 members (excludes halogenated alkanes) is 2. The minimum atomic E-state index is 0.154. The van der Waals surface area contributed by atoms with E-state index < -0.39 is 0 Å². The third-order valence-corrected chi connectivity index (χ3v) is 17.5. The number of nitriles is 4. The van der Waals surface area contributed by atoms with Crippen molar-refractivity contribution >= 4 is 99.0 Å². The molecule has 4 nitrogen and oxygen atoms in total. The van der Waals surface area contributed by atoms with Gasteiger partial charge in [-0.2, -0.15) is 21.0 Å². The van der Waals surface area contributed by atoms with Gasteiger partial charge in [0.15, 0.2) is 0 Å². The molecule has 10 heteroatoms. The van der Waals surface area contributed by atoms with Crippen molar-refractivity contribution in [3.63, 3.8) is 0 Å². The number of allylic oxidation sites excluding steroid dienone is 2. The molecule has 0 radical (unpaired) electrons. The van der Waals surface area contributed by atoms with Crippen LogP contribution in [0.25, 0.3) is 60.2 Å². The lowest BCUT2D eigenvalue weighted by atomic mass is 9.92. The number of nitrogens with zero attached hydrogens (tertiary/aromatic N) is 4. The monoisotopic (exact) mass is 818 g/mol. The van der Waals surface area contributed by atoms with Crippen molar-refractivity contribution in [1.29, 1.82) is 21.0 Å². The molecule has 0 aliphatic rings. The number of fused-ring (bicyclic) bond motifs is 2. The molecule has 0 bridgehead atoms. The van der Waals surface area contributed by atoms with E-state index in [-0.39, 0.29) is 11.1 Å². The minimum absolute atomic E-state index is 0.154. The van der Waals surface area contributed by atoms with Crippen LogP contribution in [0.1, 0.15) is 99.9 Å². The van der Waals surface area contributed by atoms with Crippen LogP contribution in [0.2, 0.25) is 0 Å². The maximum atomic E-state index is 9.49. The zero-order chi connectivity index (χ0) is 38.2. The molecular weight excluding hydrogens is 777 g/mol. The summed E-state index contributed by atoms with van der Waals surface area (Å²) in [4.78, 5) is 9.51. The van der Waals surface area contributed by atoms with Crippen LogP contribution >= 0.6 is 68.0 Å². The summed E-state index contributed by atoms with van der Waals surface area (Å²) < 4.78 is 3.87. The van der Waals surface area contributed by atoms with Gasteiger partial charge in [-0.25, -0.2) is 0 Å². The zero-order valence-corrected chi connectivity index (χ0v) is 36.0. The van der Waals surface area contributed by atoms with Gasteiger partial charge in [-0.3, -0.25) is 0 Å². The maximum Gasteiger partial charge on any atom is 0.131 e. The molecule has 274 valence electrons. The highest BCUT2D eigenvalue weighted by molar-refractivity contribution is 7.43. The van der Waals surface area contributed by atoms with Crippen LogP contribution in [0.5, 0.6) is 0 Å². The normalized spacial score (nSPS) is 12.2. The number of rotatable bonds is 17. The molecule has 2 unspecified atom stereocenters. The summed E-state index contributed by atoms with van der Waals surface area (Å²) in [5.41, 5.74) is 2.80. The van der Waals surface area contributed by atoms with Gasteiger partial charge in [0.2, 0.25) is 0 Å². The predicted molar refractivity (Wildman–Crippen MR) is 237 cm³/mol. The summed E-state index contributed by atoms with van der Waals surface area (Å²) in [5.74, 6) is 1.19. The van der Waals surface area contributed by atoms with E-state index in [4.69, 9.17) is 0 Å². The van der Waals surface area contributed by atoms with Crippen LogP contribution in [0.4, 0.5) is 0 Å². The second-order valence-corrected chi connectivity index (χ2v) is 20.4. The van der Waals surface area contributed by atoms with E-state index in [1.54, 1.807) is 34.8 Å². The third-order valence-electron chi connectivity index (χ3n) is 9.97. The highest BCUT2D eigenvalue weighted by atomic mass is 32.2. The van der Waals surface area contributed by atoms with Crippen molar-refractivity contribution in [3.05, 3.63) is 68.4 Å². The summed E-state index contributed by atoms with van der Waals surface area (Å²) in [5, 5.41) is 39.2. The summed E-state index contributed by atoms with van der Waals surface area (Å²) in [6, 6.07) is 22.1. The maximum absolute atomic E-state index is 9.49. The summed E-state index contributed by atoms with van der Waals surface area (Å²) in [6.07, 6.45) is 15.0. The van der Waals surface area contributed by atoms with Gasteiger partial charge in [-0.1, -0.05) is 79.1 Å². The van der Waals surface area contributed by atoms with Crippen LogP contribution in [0.3, 0.4) is 0 Å². The molecule has 54 heavy (non-hydrogen) atoms. The fourth-order valence-electron chi connectivity index (χ4n) is 6.80. The molecular formula is C44H42N4S6. The number of hydrogen-bond donors (Lipinski definition) is 0. The van der Waals surface area contributed by atoms with Crippen molar-refractivity contribution < 1.29 is 0 Å². The van der Waals surface area contributed by atoms with Gasteiger partial charge in [-0.05, 0) is 84.4 Å². The topological polar surface area (TPSA) is 95.2 Å². The Bertz CT molecular complexity index is 2210. The first-order valence-corrected chi connectivity index (χ1v) is 23.6. The Kier molecular flexibility index (Phi) is 13.8. The third kappa shape index (κ3) is 9.16. The van der Waals surface area contributed by atoms with Crippen molar-refractivity contribution in [1.82, 2.24) is 0 Å². The standard InChI is InChI=1S/C44H42N4S6/c1-5-9-11-27(7-3)13-31-17-36(49-34(31)15-29(23-45)24-46)38-19-33-20-39(54-44(33)53-38)41-22-43-42(52-41)21-40(51-43)37-18-32(14-28(8-4)12-10-6-2)35(50-37)16-30(25-47)26-48/h15-22,27-28H,5-14H2,1-4H3. The molecule has 0 amide bonds. The Morgan fingerprint density at radius 3 is 1.28 bits per heavy atom. The molecule has 0 spiro atoms. The van der Waals surface area contributed by atoms with Crippen LogP contribution in [-0.4, -0.2) is 0 Å². The second kappa shape index (κ2) is 18.7. The lowest BCUT2D eigenvalue weighted by molar-refractivity contribution is 0.449. The molecule has 0 aliphatic heterocycles. The van der Waals surface area contributed by atoms with Crippen molar-refractivity contribution in [2.24, 2.45) is 11.8 Å². The van der Waals surface area contributed by atoms with Crippen LogP contribution in [-0.2, 0) is 12.8 Å². The lowest BCUT2D eigenvalue weighted by Crippen LogP contribution is -2.03. The molecule has 0 saturated carbocycles. The van der Waals surface area contributed by atoms with E-state index in [0.717, 1.165) is 35.4 Å². The molecule has 2 atom stereocenters. The van der Waals surface area contributed by atoms with Gasteiger partial charge in [-0.15, -0.1) is 68.0 Å². The van der Waals surface area contributed by atoms with Crippen molar-refractivity contribution in [3.8, 4) is 53.5 Å². The van der Waals surface area contributed by atoms with E-state index in [2.05, 4.69) is 88.4 Å². The van der Waals surface area contributed by atoms with Crippen molar-refractivity contribution in [2.45, 2.75) is 91.9 Å². The minimum Gasteiger partial charge on any atom is -0.192 e. The van der Waals surface area contributed by atoms with E-state index >= 15 is 0 Å². The van der Waals surface area contributed by atoms with E-state index in [9.17, 15) is 21.0 Å². The van der Waals surface area contributed by atoms with E-state index in [1.807, 2.05) is 45.3 Å². The largest absolute Gasteiger partial charge is 0.192 e. The fraction of sp³-hybridized carbons (Fsp3) is 0.364. The van der Waals surface area contributed by atoms with Gasteiger partial charge in [0.25, 0.3) is 0 Å². The fourth-order valence-corrected chi connectivity index (χ4v) is 14.1. The SMILES string of the molecule is CCCCC(CC)Cc1cc(-c2cc3sc(-c4cc5cc(-c6cc(CC(CC)CCCC)c(C=C(C#N)C#N)s6)sc5s4)cc3s2)sc1C=C(C#N)C#N. The predicted octanol–water partition coefficient (Wildman–Crippen LogP) is 15.7. The molecule has 0 saturated heterocycles. The van der Waals surface area contributed by atoms with Gasteiger partial charge in [0.1, 0.15) is 35.4 Å². The summed E-state index contributed by atoms with van der Waals surface area (Å²) in [7, 11) is 0. The smallest absolute Gasteiger partial charge is 0.131 e. The average Bonchev–Trinajstić information content (AvgIpc) is 4.03. The Labute approximate surface area is 343 Å². The van der Waals surface area contributed by atoms with Gasteiger partial charge < -0.3 is 0 Å². The molecule has 0 aliphatic carbocycles. The van der Waals surface area contributed by atoms with Gasteiger partial charge in [0, 0.05) is 53.8 Å². The van der Waals surface area contributed by atoms with Crippen LogP contribution in [0, 0.1) is 57.2 Å². The lowest BCUT2D eigenvalue weighted by Gasteiger charge is -2.14. The zero-order valence-electron chi connectivity index (χ0n) is 31.1. The molecule has 6 aromatic heterocycles. The first kappa shape index (κ1) is 39.8. The molecule has 6 rings (SSSR count). The molecule has 6 aromatic rings. The summed E-state index contributed by atoms with van der Waals surface area (Å²) >= 11 is 10.7. The average molecular weight is 819 g/mol. The number of thiophene rings is 6.